The molecule has 2 aromatic carbocycles. The molecule has 1 N–H and O–H groups in total. The van der Waals surface area contributed by atoms with E-state index in [2.05, 4.69) is 84.2 Å². The van der Waals surface area contributed by atoms with Gasteiger partial charge in [-0.25, -0.2) is 0 Å². The predicted molar refractivity (Wildman–Crippen MR) is 99.6 cm³/mol. The third kappa shape index (κ3) is 4.28. The van der Waals surface area contributed by atoms with Gasteiger partial charge in [-0.3, -0.25) is 0 Å². The lowest BCUT2D eigenvalue weighted by Gasteiger charge is -2.10. The van der Waals surface area contributed by atoms with Gasteiger partial charge in [0.15, 0.2) is 0 Å². The first-order chi connectivity index (χ1) is 9.56. The molecule has 0 aromatic heterocycles. The highest BCUT2D eigenvalue weighted by Crippen LogP contribution is 2.18. The molecule has 0 aliphatic heterocycles. The minimum atomic E-state index is 0.878. The molecule has 2 aromatic rings. The van der Waals surface area contributed by atoms with Crippen molar-refractivity contribution in [1.82, 2.24) is 0 Å². The van der Waals surface area contributed by atoms with Gasteiger partial charge in [-0.05, 0) is 66.1 Å². The first kappa shape index (κ1) is 15.4. The van der Waals surface area contributed by atoms with Gasteiger partial charge in [0, 0.05) is 15.7 Å². The predicted octanol–water partition coefficient (Wildman–Crippen LogP) is 5.28. The van der Waals surface area contributed by atoms with Crippen LogP contribution in [0.3, 0.4) is 0 Å². The Balaban J connectivity index is 1.92. The number of aryl methyl sites for hydroxylation is 3. The largest absolute Gasteiger partial charge is 0.350 e. The maximum atomic E-state index is 5.43. The van der Waals surface area contributed by atoms with Crippen molar-refractivity contribution in [1.29, 1.82) is 0 Å². The Bertz CT molecular complexity index is 605. The van der Waals surface area contributed by atoms with Crippen molar-refractivity contribution >= 4 is 45.5 Å². The molecule has 3 heteroatoms. The summed E-state index contributed by atoms with van der Waals surface area (Å²) >= 11 is 7.85. The van der Waals surface area contributed by atoms with Crippen LogP contribution in [0.15, 0.2) is 42.5 Å². The van der Waals surface area contributed by atoms with Gasteiger partial charge in [-0.15, -0.1) is 0 Å². The fourth-order valence-electron chi connectivity index (χ4n) is 2.01. The minimum Gasteiger partial charge on any atom is -0.350 e. The Morgan fingerprint density at radius 3 is 2.50 bits per heavy atom. The van der Waals surface area contributed by atoms with Gasteiger partial charge in [0.25, 0.3) is 0 Å². The highest BCUT2D eigenvalue weighted by atomic mass is 127. The molecule has 104 valence electrons. The van der Waals surface area contributed by atoms with Gasteiger partial charge in [0.1, 0.15) is 0 Å². The standard InChI is InChI=1S/C17H18INS/c1-12-6-9-15(10-7-12)19-16(20)11-8-14-5-3-4-13(2)17(14)18/h3-7,9-10H,8,11H2,1-2H3,(H,19,20). The van der Waals surface area contributed by atoms with Gasteiger partial charge in [0.2, 0.25) is 0 Å². The van der Waals surface area contributed by atoms with Gasteiger partial charge in [-0.1, -0.05) is 48.1 Å². The van der Waals surface area contributed by atoms with Gasteiger partial charge < -0.3 is 5.32 Å². The molecule has 0 spiro atoms. The number of benzene rings is 2. The lowest BCUT2D eigenvalue weighted by Crippen LogP contribution is -2.10. The molecule has 2 rings (SSSR count). The molecule has 0 saturated carbocycles. The van der Waals surface area contributed by atoms with Crippen molar-refractivity contribution in [2.24, 2.45) is 0 Å². The smallest absolute Gasteiger partial charge is 0.0800 e. The zero-order valence-corrected chi connectivity index (χ0v) is 14.7. The number of nitrogens with one attached hydrogen (secondary N) is 1. The molecular weight excluding hydrogens is 377 g/mol. The number of hydrogen-bond donors (Lipinski definition) is 1. The molecule has 0 unspecified atom stereocenters. The quantitative estimate of drug-likeness (QED) is 0.559. The number of thiocarbonyl (C=S) groups is 1. The second-order valence-electron chi connectivity index (χ2n) is 4.96. The molecular formula is C17H18INS. The van der Waals surface area contributed by atoms with E-state index in [4.69, 9.17) is 12.2 Å². The Kier molecular flexibility index (Phi) is 5.54. The van der Waals surface area contributed by atoms with E-state index >= 15 is 0 Å². The Morgan fingerprint density at radius 1 is 1.10 bits per heavy atom. The summed E-state index contributed by atoms with van der Waals surface area (Å²) in [6, 6.07) is 14.8. The molecule has 0 radical (unpaired) electrons. The van der Waals surface area contributed by atoms with Crippen LogP contribution in [0.5, 0.6) is 0 Å². The van der Waals surface area contributed by atoms with Crippen LogP contribution >= 0.6 is 34.8 Å². The summed E-state index contributed by atoms with van der Waals surface area (Å²) < 4.78 is 1.35. The third-order valence-corrected chi connectivity index (χ3v) is 5.08. The van der Waals surface area contributed by atoms with Crippen LogP contribution in [0.2, 0.25) is 0 Å². The molecule has 0 amide bonds. The van der Waals surface area contributed by atoms with E-state index in [1.54, 1.807) is 0 Å². The second kappa shape index (κ2) is 7.18. The van der Waals surface area contributed by atoms with Crippen LogP contribution in [0.25, 0.3) is 0 Å². The van der Waals surface area contributed by atoms with Crippen LogP contribution in [0.1, 0.15) is 23.1 Å². The first-order valence-corrected chi connectivity index (χ1v) is 8.15. The summed E-state index contributed by atoms with van der Waals surface area (Å²) in [6.45, 7) is 4.23. The van der Waals surface area contributed by atoms with E-state index in [0.717, 1.165) is 23.5 Å². The molecule has 20 heavy (non-hydrogen) atoms. The summed E-state index contributed by atoms with van der Waals surface area (Å²) in [5.41, 5.74) is 5.04. The zero-order chi connectivity index (χ0) is 14.5. The second-order valence-corrected chi connectivity index (χ2v) is 6.53. The van der Waals surface area contributed by atoms with Crippen molar-refractivity contribution in [2.75, 3.05) is 5.32 Å². The van der Waals surface area contributed by atoms with E-state index in [-0.39, 0.29) is 0 Å². The van der Waals surface area contributed by atoms with E-state index < -0.39 is 0 Å². The van der Waals surface area contributed by atoms with E-state index in [1.807, 2.05) is 0 Å². The number of anilines is 1. The van der Waals surface area contributed by atoms with Crippen molar-refractivity contribution in [3.8, 4) is 0 Å². The molecule has 0 aliphatic rings. The van der Waals surface area contributed by atoms with Crippen LogP contribution in [-0.2, 0) is 6.42 Å². The number of halogens is 1. The normalized spacial score (nSPS) is 10.3. The molecule has 0 bridgehead atoms. The fraction of sp³-hybridized carbons (Fsp3) is 0.235. The Hall–Kier alpha value is -0.940. The lowest BCUT2D eigenvalue weighted by atomic mass is 10.1. The summed E-state index contributed by atoms with van der Waals surface area (Å²) in [6.07, 6.45) is 1.86. The average Bonchev–Trinajstić information content (AvgIpc) is 2.43. The summed E-state index contributed by atoms with van der Waals surface area (Å²) in [4.78, 5) is 0.895. The lowest BCUT2D eigenvalue weighted by molar-refractivity contribution is 1.03. The zero-order valence-electron chi connectivity index (χ0n) is 11.7. The SMILES string of the molecule is Cc1ccc(NC(=S)CCc2cccc(C)c2I)cc1. The summed E-state index contributed by atoms with van der Waals surface area (Å²) in [5.74, 6) is 0. The Morgan fingerprint density at radius 2 is 1.80 bits per heavy atom. The van der Waals surface area contributed by atoms with Gasteiger partial charge in [0.05, 0.1) is 4.99 Å². The van der Waals surface area contributed by atoms with E-state index in [9.17, 15) is 0 Å². The van der Waals surface area contributed by atoms with Crippen molar-refractivity contribution < 1.29 is 0 Å². The van der Waals surface area contributed by atoms with Crippen molar-refractivity contribution in [3.63, 3.8) is 0 Å². The molecule has 1 nitrogen and oxygen atoms in total. The van der Waals surface area contributed by atoms with Crippen molar-refractivity contribution in [3.05, 3.63) is 62.7 Å². The van der Waals surface area contributed by atoms with Gasteiger partial charge in [-0.2, -0.15) is 0 Å². The van der Waals surface area contributed by atoms with Crippen LogP contribution < -0.4 is 5.32 Å². The number of hydrogen-bond acceptors (Lipinski definition) is 1. The maximum absolute atomic E-state index is 5.43. The van der Waals surface area contributed by atoms with E-state index in [0.29, 0.717) is 0 Å². The maximum Gasteiger partial charge on any atom is 0.0800 e. The van der Waals surface area contributed by atoms with Crippen LogP contribution in [-0.4, -0.2) is 4.99 Å². The van der Waals surface area contributed by atoms with Crippen LogP contribution in [0.4, 0.5) is 5.69 Å². The third-order valence-electron chi connectivity index (χ3n) is 3.23. The molecule has 0 saturated heterocycles. The summed E-state index contributed by atoms with van der Waals surface area (Å²) in [7, 11) is 0. The van der Waals surface area contributed by atoms with Gasteiger partial charge >= 0.3 is 0 Å². The molecule has 0 fully saturated rings. The number of rotatable bonds is 4. The summed E-state index contributed by atoms with van der Waals surface area (Å²) in [5, 5.41) is 3.30. The first-order valence-electron chi connectivity index (χ1n) is 6.67. The Labute approximate surface area is 139 Å². The highest BCUT2D eigenvalue weighted by Gasteiger charge is 2.04. The topological polar surface area (TPSA) is 12.0 Å². The highest BCUT2D eigenvalue weighted by molar-refractivity contribution is 14.1. The molecule has 0 atom stereocenters. The monoisotopic (exact) mass is 395 g/mol. The average molecular weight is 395 g/mol. The fourth-order valence-corrected chi connectivity index (χ4v) is 2.86. The van der Waals surface area contributed by atoms with E-state index in [1.165, 1.54) is 20.3 Å². The molecule has 0 heterocycles. The van der Waals surface area contributed by atoms with Crippen LogP contribution in [0, 0.1) is 17.4 Å². The minimum absolute atomic E-state index is 0.878. The molecule has 0 aliphatic carbocycles. The van der Waals surface area contributed by atoms with Crippen molar-refractivity contribution in [2.45, 2.75) is 26.7 Å².